The molecule has 0 fully saturated rings. The average molecular weight is 143 g/mol. The van der Waals surface area contributed by atoms with Gasteiger partial charge in [0, 0.05) is 0 Å². The van der Waals surface area contributed by atoms with E-state index < -0.39 is 0 Å². The van der Waals surface area contributed by atoms with E-state index >= 15 is 0 Å². The summed E-state index contributed by atoms with van der Waals surface area (Å²) in [6, 6.07) is 0. The fraction of sp³-hybridized carbons (Fsp3) is 0.875. The highest BCUT2D eigenvalue weighted by Crippen LogP contribution is 1.96. The van der Waals surface area contributed by atoms with Crippen LogP contribution in [0.1, 0.15) is 40.0 Å². The van der Waals surface area contributed by atoms with Crippen LogP contribution < -0.4 is 0 Å². The minimum atomic E-state index is 0.670. The summed E-state index contributed by atoms with van der Waals surface area (Å²) < 4.78 is 0. The Labute approximate surface area is 63.3 Å². The third-order valence-corrected chi connectivity index (χ3v) is 1.24. The van der Waals surface area contributed by atoms with Crippen molar-refractivity contribution in [2.45, 2.75) is 40.0 Å². The topological polar surface area (TPSA) is 21.6 Å². The van der Waals surface area contributed by atoms with Gasteiger partial charge in [-0.1, -0.05) is 18.5 Å². The van der Waals surface area contributed by atoms with Gasteiger partial charge in [0.15, 0.2) is 0 Å². The number of hydrogen-bond acceptors (Lipinski definition) is 2. The van der Waals surface area contributed by atoms with E-state index in [1.54, 1.807) is 0 Å². The van der Waals surface area contributed by atoms with Crippen LogP contribution in [0.15, 0.2) is 5.16 Å². The Morgan fingerprint density at radius 1 is 1.40 bits per heavy atom. The van der Waals surface area contributed by atoms with Crippen LogP contribution in [-0.4, -0.2) is 12.3 Å². The van der Waals surface area contributed by atoms with Crippen LogP contribution in [0.4, 0.5) is 0 Å². The molecule has 0 aromatic carbocycles. The molecule has 0 radical (unpaired) electrons. The molecule has 0 N–H and O–H groups in total. The summed E-state index contributed by atoms with van der Waals surface area (Å²) in [7, 11) is 0. The van der Waals surface area contributed by atoms with E-state index in [0.717, 1.165) is 12.1 Å². The fourth-order valence-corrected chi connectivity index (χ4v) is 0.653. The molecule has 0 aromatic heterocycles. The second-order valence-corrected chi connectivity index (χ2v) is 2.35. The Bertz CT molecular complexity index is 99.4. The smallest absolute Gasteiger partial charge is 0.114 e. The van der Waals surface area contributed by atoms with Crippen LogP contribution >= 0.6 is 0 Å². The van der Waals surface area contributed by atoms with Gasteiger partial charge in [-0.25, -0.2) is 0 Å². The third kappa shape index (κ3) is 5.60. The lowest BCUT2D eigenvalue weighted by Crippen LogP contribution is -1.92. The van der Waals surface area contributed by atoms with Crippen molar-refractivity contribution in [3.8, 4) is 0 Å². The van der Waals surface area contributed by atoms with Crippen molar-refractivity contribution in [1.82, 2.24) is 0 Å². The van der Waals surface area contributed by atoms with Gasteiger partial charge in [-0.3, -0.25) is 0 Å². The zero-order valence-electron chi connectivity index (χ0n) is 7.18. The molecule has 2 nitrogen and oxygen atoms in total. The van der Waals surface area contributed by atoms with E-state index in [2.05, 4.69) is 12.1 Å². The van der Waals surface area contributed by atoms with Crippen molar-refractivity contribution in [3.05, 3.63) is 0 Å². The van der Waals surface area contributed by atoms with Crippen molar-refractivity contribution in [3.63, 3.8) is 0 Å². The van der Waals surface area contributed by atoms with E-state index in [0.29, 0.717) is 6.61 Å². The van der Waals surface area contributed by atoms with Gasteiger partial charge in [-0.2, -0.15) is 0 Å². The molecule has 0 aliphatic rings. The van der Waals surface area contributed by atoms with Gasteiger partial charge in [0.25, 0.3) is 0 Å². The molecule has 0 heterocycles. The number of hydrogen-bond donors (Lipinski definition) is 0. The van der Waals surface area contributed by atoms with Crippen molar-refractivity contribution in [1.29, 1.82) is 0 Å². The standard InChI is InChI=1S/C8H17NO/c1-4-6-7-8(3)9-10-5-2/h4-7H2,1-3H3. The Hall–Kier alpha value is -0.530. The fourth-order valence-electron chi connectivity index (χ4n) is 0.653. The molecular formula is C8H17NO. The summed E-state index contributed by atoms with van der Waals surface area (Å²) >= 11 is 0. The van der Waals surface area contributed by atoms with Crippen molar-refractivity contribution in [2.24, 2.45) is 5.16 Å². The zero-order valence-corrected chi connectivity index (χ0v) is 7.18. The quantitative estimate of drug-likeness (QED) is 0.428. The molecule has 0 aliphatic heterocycles. The van der Waals surface area contributed by atoms with E-state index in [4.69, 9.17) is 4.84 Å². The Morgan fingerprint density at radius 3 is 2.60 bits per heavy atom. The summed E-state index contributed by atoms with van der Waals surface area (Å²) in [5.41, 5.74) is 1.10. The van der Waals surface area contributed by atoms with Crippen LogP contribution in [0.3, 0.4) is 0 Å². The van der Waals surface area contributed by atoms with Gasteiger partial charge >= 0.3 is 0 Å². The third-order valence-electron chi connectivity index (χ3n) is 1.24. The predicted octanol–water partition coefficient (Wildman–Crippen LogP) is 2.59. The Kier molecular flexibility index (Phi) is 6.24. The van der Waals surface area contributed by atoms with Crippen molar-refractivity contribution < 1.29 is 4.84 Å². The van der Waals surface area contributed by atoms with Gasteiger partial charge in [-0.05, 0) is 26.7 Å². The first-order valence-corrected chi connectivity index (χ1v) is 3.96. The monoisotopic (exact) mass is 143 g/mol. The van der Waals surface area contributed by atoms with E-state index in [1.807, 2.05) is 13.8 Å². The summed E-state index contributed by atoms with van der Waals surface area (Å²) in [6.45, 7) is 6.79. The summed E-state index contributed by atoms with van der Waals surface area (Å²) in [4.78, 5) is 4.88. The first-order valence-electron chi connectivity index (χ1n) is 3.96. The van der Waals surface area contributed by atoms with Gasteiger partial charge < -0.3 is 4.84 Å². The number of oxime groups is 1. The second-order valence-electron chi connectivity index (χ2n) is 2.35. The molecule has 60 valence electrons. The van der Waals surface area contributed by atoms with Gasteiger partial charge in [0.05, 0.1) is 5.71 Å². The molecule has 0 aliphatic carbocycles. The van der Waals surface area contributed by atoms with E-state index in [1.165, 1.54) is 12.8 Å². The summed E-state index contributed by atoms with van der Waals surface area (Å²) in [5, 5.41) is 3.90. The van der Waals surface area contributed by atoms with Crippen molar-refractivity contribution >= 4 is 5.71 Å². The van der Waals surface area contributed by atoms with Gasteiger partial charge in [-0.15, -0.1) is 0 Å². The Morgan fingerprint density at radius 2 is 2.10 bits per heavy atom. The molecule has 0 spiro atoms. The largest absolute Gasteiger partial charge is 0.396 e. The molecule has 0 rings (SSSR count). The zero-order chi connectivity index (χ0) is 7.82. The second kappa shape index (κ2) is 6.59. The SMILES string of the molecule is CCCCC(C)=NOCC. The number of rotatable bonds is 5. The van der Waals surface area contributed by atoms with Crippen LogP contribution in [0.25, 0.3) is 0 Å². The summed E-state index contributed by atoms with van der Waals surface area (Å²) in [6.07, 6.45) is 3.50. The normalized spacial score (nSPS) is 11.7. The predicted molar refractivity (Wildman–Crippen MR) is 44.3 cm³/mol. The molecule has 0 aromatic rings. The van der Waals surface area contributed by atoms with E-state index in [-0.39, 0.29) is 0 Å². The highest BCUT2D eigenvalue weighted by atomic mass is 16.6. The molecule has 0 atom stereocenters. The molecule has 2 heteroatoms. The Balaban J connectivity index is 3.30. The molecule has 0 saturated heterocycles. The molecule has 0 bridgehead atoms. The molecular weight excluding hydrogens is 126 g/mol. The first-order chi connectivity index (χ1) is 4.81. The molecule has 10 heavy (non-hydrogen) atoms. The molecule has 0 amide bonds. The maximum atomic E-state index is 4.88. The lowest BCUT2D eigenvalue weighted by Gasteiger charge is -1.97. The maximum absolute atomic E-state index is 4.88. The van der Waals surface area contributed by atoms with E-state index in [9.17, 15) is 0 Å². The van der Waals surface area contributed by atoms with Crippen LogP contribution in [0, 0.1) is 0 Å². The first kappa shape index (κ1) is 9.47. The highest BCUT2D eigenvalue weighted by molar-refractivity contribution is 5.81. The van der Waals surface area contributed by atoms with Crippen molar-refractivity contribution in [2.75, 3.05) is 6.61 Å². The van der Waals surface area contributed by atoms with Gasteiger partial charge in [0.2, 0.25) is 0 Å². The van der Waals surface area contributed by atoms with Crippen LogP contribution in [0.2, 0.25) is 0 Å². The lowest BCUT2D eigenvalue weighted by molar-refractivity contribution is 0.158. The van der Waals surface area contributed by atoms with Crippen LogP contribution in [-0.2, 0) is 4.84 Å². The van der Waals surface area contributed by atoms with Gasteiger partial charge in [0.1, 0.15) is 6.61 Å². The number of nitrogens with zero attached hydrogens (tertiary/aromatic N) is 1. The maximum Gasteiger partial charge on any atom is 0.114 e. The van der Waals surface area contributed by atoms with Crippen LogP contribution in [0.5, 0.6) is 0 Å². The lowest BCUT2D eigenvalue weighted by atomic mass is 10.2. The minimum Gasteiger partial charge on any atom is -0.396 e. The average Bonchev–Trinajstić information content (AvgIpc) is 1.97. The minimum absolute atomic E-state index is 0.670. The molecule has 0 saturated carbocycles. The highest BCUT2D eigenvalue weighted by Gasteiger charge is 1.89. The number of unbranched alkanes of at least 4 members (excludes halogenated alkanes) is 1. The summed E-state index contributed by atoms with van der Waals surface area (Å²) in [5.74, 6) is 0. The molecule has 0 unspecified atom stereocenters.